The maximum Gasteiger partial charge on any atom is 0.307 e. The number of aliphatic hydroxyl groups excluding tert-OH is 1. The number of aliphatic hydroxyl groups is 1. The fourth-order valence-electron chi connectivity index (χ4n) is 1.29. The SMILES string of the molecule is COC(=O)CC(N)C(O)c1ccc(Cl)cc1. The van der Waals surface area contributed by atoms with E-state index >= 15 is 0 Å². The second-order valence-corrected chi connectivity index (χ2v) is 3.88. The molecule has 2 unspecified atom stereocenters. The molecule has 0 aliphatic carbocycles. The molecule has 0 aromatic heterocycles. The first-order valence-electron chi connectivity index (χ1n) is 4.80. The van der Waals surface area contributed by atoms with E-state index in [-0.39, 0.29) is 6.42 Å². The molecule has 0 heterocycles. The smallest absolute Gasteiger partial charge is 0.307 e. The summed E-state index contributed by atoms with van der Waals surface area (Å²) in [6.07, 6.45) is -0.934. The van der Waals surface area contributed by atoms with Gasteiger partial charge in [-0.15, -0.1) is 0 Å². The molecule has 4 nitrogen and oxygen atoms in total. The molecule has 3 N–H and O–H groups in total. The van der Waals surface area contributed by atoms with E-state index < -0.39 is 18.1 Å². The number of ether oxygens (including phenoxy) is 1. The normalized spacial score (nSPS) is 14.2. The Kier molecular flexibility index (Phi) is 4.73. The van der Waals surface area contributed by atoms with Gasteiger partial charge in [-0.3, -0.25) is 4.79 Å². The van der Waals surface area contributed by atoms with E-state index in [1.54, 1.807) is 24.3 Å². The molecule has 0 fully saturated rings. The monoisotopic (exact) mass is 243 g/mol. The summed E-state index contributed by atoms with van der Waals surface area (Å²) in [7, 11) is 1.28. The summed E-state index contributed by atoms with van der Waals surface area (Å²) in [6.45, 7) is 0. The molecule has 88 valence electrons. The van der Waals surface area contributed by atoms with Gasteiger partial charge in [0.05, 0.1) is 19.6 Å². The molecule has 0 bridgehead atoms. The molecule has 0 saturated heterocycles. The summed E-state index contributed by atoms with van der Waals surface area (Å²) >= 11 is 5.72. The van der Waals surface area contributed by atoms with Crippen LogP contribution >= 0.6 is 11.6 Å². The van der Waals surface area contributed by atoms with E-state index in [4.69, 9.17) is 17.3 Å². The fourth-order valence-corrected chi connectivity index (χ4v) is 1.42. The van der Waals surface area contributed by atoms with Crippen LogP contribution in [0.3, 0.4) is 0 Å². The summed E-state index contributed by atoms with van der Waals surface area (Å²) in [5, 5.41) is 10.4. The topological polar surface area (TPSA) is 72.5 Å². The highest BCUT2D eigenvalue weighted by Gasteiger charge is 2.20. The maximum absolute atomic E-state index is 11.0. The van der Waals surface area contributed by atoms with E-state index in [2.05, 4.69) is 4.74 Å². The average molecular weight is 244 g/mol. The predicted molar refractivity (Wildman–Crippen MR) is 61.0 cm³/mol. The van der Waals surface area contributed by atoms with Gasteiger partial charge in [-0.1, -0.05) is 23.7 Å². The first-order valence-corrected chi connectivity index (χ1v) is 5.18. The van der Waals surface area contributed by atoms with Crippen LogP contribution in [0, 0.1) is 0 Å². The minimum Gasteiger partial charge on any atom is -0.469 e. The number of benzene rings is 1. The van der Waals surface area contributed by atoms with Crippen LogP contribution in [0.1, 0.15) is 18.1 Å². The Morgan fingerprint density at radius 1 is 1.50 bits per heavy atom. The standard InChI is InChI=1S/C11H14ClNO3/c1-16-10(14)6-9(13)11(15)7-2-4-8(12)5-3-7/h2-5,9,11,15H,6,13H2,1H3. The third-order valence-corrected chi connectivity index (χ3v) is 2.50. The molecule has 0 aliphatic heterocycles. The highest BCUT2D eigenvalue weighted by Crippen LogP contribution is 2.19. The zero-order chi connectivity index (χ0) is 12.1. The van der Waals surface area contributed by atoms with Gasteiger partial charge in [-0.05, 0) is 17.7 Å². The van der Waals surface area contributed by atoms with Gasteiger partial charge in [0.1, 0.15) is 0 Å². The maximum atomic E-state index is 11.0. The minimum atomic E-state index is -0.906. The Morgan fingerprint density at radius 3 is 2.56 bits per heavy atom. The quantitative estimate of drug-likeness (QED) is 0.781. The number of hydrogen-bond acceptors (Lipinski definition) is 4. The lowest BCUT2D eigenvalue weighted by molar-refractivity contribution is -0.141. The van der Waals surface area contributed by atoms with Gasteiger partial charge in [0.15, 0.2) is 0 Å². The van der Waals surface area contributed by atoms with Crippen molar-refractivity contribution in [3.05, 3.63) is 34.9 Å². The summed E-state index contributed by atoms with van der Waals surface area (Å²) in [6, 6.07) is 5.97. The highest BCUT2D eigenvalue weighted by molar-refractivity contribution is 6.30. The third kappa shape index (κ3) is 3.48. The molecular formula is C11H14ClNO3. The lowest BCUT2D eigenvalue weighted by atomic mass is 10.0. The number of hydrogen-bond donors (Lipinski definition) is 2. The minimum absolute atomic E-state index is 0.0275. The van der Waals surface area contributed by atoms with Crippen LogP contribution in [-0.2, 0) is 9.53 Å². The zero-order valence-electron chi connectivity index (χ0n) is 8.89. The van der Waals surface area contributed by atoms with Crippen molar-refractivity contribution in [3.8, 4) is 0 Å². The van der Waals surface area contributed by atoms with Crippen molar-refractivity contribution in [2.45, 2.75) is 18.6 Å². The second-order valence-electron chi connectivity index (χ2n) is 3.44. The van der Waals surface area contributed by atoms with E-state index in [0.29, 0.717) is 10.6 Å². The van der Waals surface area contributed by atoms with Crippen LogP contribution in [0.15, 0.2) is 24.3 Å². The fraction of sp³-hybridized carbons (Fsp3) is 0.364. The molecule has 1 rings (SSSR count). The van der Waals surface area contributed by atoms with Crippen molar-refractivity contribution in [3.63, 3.8) is 0 Å². The van der Waals surface area contributed by atoms with Gasteiger partial charge in [-0.2, -0.15) is 0 Å². The summed E-state index contributed by atoms with van der Waals surface area (Å²) < 4.78 is 4.47. The molecule has 0 aliphatic rings. The van der Waals surface area contributed by atoms with Gasteiger partial charge in [-0.25, -0.2) is 0 Å². The Hall–Kier alpha value is -1.10. The van der Waals surface area contributed by atoms with E-state index in [1.165, 1.54) is 7.11 Å². The number of carbonyl (C=O) groups excluding carboxylic acids is 1. The number of nitrogens with two attached hydrogens (primary N) is 1. The molecule has 0 amide bonds. The highest BCUT2D eigenvalue weighted by atomic mass is 35.5. The van der Waals surface area contributed by atoms with E-state index in [0.717, 1.165) is 0 Å². The molecule has 5 heteroatoms. The van der Waals surface area contributed by atoms with Crippen molar-refractivity contribution < 1.29 is 14.6 Å². The molecule has 0 spiro atoms. The second kappa shape index (κ2) is 5.84. The van der Waals surface area contributed by atoms with Gasteiger partial charge < -0.3 is 15.6 Å². The van der Waals surface area contributed by atoms with Crippen LogP contribution < -0.4 is 5.73 Å². The number of rotatable bonds is 4. The number of carbonyl (C=O) groups is 1. The van der Waals surface area contributed by atoms with Crippen LogP contribution in [0.2, 0.25) is 5.02 Å². The first kappa shape index (κ1) is 13.0. The lowest BCUT2D eigenvalue weighted by Gasteiger charge is -2.18. The van der Waals surface area contributed by atoms with Crippen molar-refractivity contribution >= 4 is 17.6 Å². The molecule has 2 atom stereocenters. The number of esters is 1. The van der Waals surface area contributed by atoms with Gasteiger partial charge >= 0.3 is 5.97 Å². The summed E-state index contributed by atoms with van der Waals surface area (Å²) in [5.41, 5.74) is 6.31. The lowest BCUT2D eigenvalue weighted by Crippen LogP contribution is -2.31. The molecule has 1 aromatic carbocycles. The third-order valence-electron chi connectivity index (χ3n) is 2.25. The molecule has 16 heavy (non-hydrogen) atoms. The first-order chi connectivity index (χ1) is 7.54. The molecule has 1 aromatic rings. The predicted octanol–water partition coefficient (Wildman–Crippen LogP) is 1.26. The van der Waals surface area contributed by atoms with Crippen LogP contribution in [0.4, 0.5) is 0 Å². The van der Waals surface area contributed by atoms with Crippen LogP contribution in [-0.4, -0.2) is 24.2 Å². The van der Waals surface area contributed by atoms with Crippen LogP contribution in [0.25, 0.3) is 0 Å². The van der Waals surface area contributed by atoms with E-state index in [1.807, 2.05) is 0 Å². The largest absolute Gasteiger partial charge is 0.469 e. The van der Waals surface area contributed by atoms with Gasteiger partial charge in [0.25, 0.3) is 0 Å². The van der Waals surface area contributed by atoms with Crippen molar-refractivity contribution in [2.24, 2.45) is 5.73 Å². The zero-order valence-corrected chi connectivity index (χ0v) is 9.65. The Balaban J connectivity index is 2.66. The number of halogens is 1. The number of methoxy groups -OCH3 is 1. The van der Waals surface area contributed by atoms with Gasteiger partial charge in [0, 0.05) is 11.1 Å². The van der Waals surface area contributed by atoms with Gasteiger partial charge in [0.2, 0.25) is 0 Å². The molecular weight excluding hydrogens is 230 g/mol. The van der Waals surface area contributed by atoms with Crippen molar-refractivity contribution in [1.29, 1.82) is 0 Å². The van der Waals surface area contributed by atoms with Crippen molar-refractivity contribution in [2.75, 3.05) is 7.11 Å². The van der Waals surface area contributed by atoms with Crippen LogP contribution in [0.5, 0.6) is 0 Å². The average Bonchev–Trinajstić information content (AvgIpc) is 2.28. The Labute approximate surface area is 99.0 Å². The van der Waals surface area contributed by atoms with E-state index in [9.17, 15) is 9.90 Å². The molecule has 0 radical (unpaired) electrons. The Morgan fingerprint density at radius 2 is 2.06 bits per heavy atom. The molecule has 0 saturated carbocycles. The summed E-state index contributed by atoms with van der Waals surface area (Å²) in [4.78, 5) is 11.0. The van der Waals surface area contributed by atoms with Crippen molar-refractivity contribution in [1.82, 2.24) is 0 Å². The Bertz CT molecular complexity index is 353. The summed E-state index contributed by atoms with van der Waals surface area (Å²) in [5.74, 6) is -0.444.